The highest BCUT2D eigenvalue weighted by Crippen LogP contribution is 2.60. The highest BCUT2D eigenvalue weighted by Gasteiger charge is 2.56. The number of H-pyrrole nitrogens is 1. The summed E-state index contributed by atoms with van der Waals surface area (Å²) in [6.07, 6.45) is 5.77. The van der Waals surface area contributed by atoms with Crippen LogP contribution in [0.4, 0.5) is 5.69 Å². The Bertz CT molecular complexity index is 1980. The van der Waals surface area contributed by atoms with Crippen molar-refractivity contribution in [2.75, 3.05) is 5.32 Å². The second-order valence-electron chi connectivity index (χ2n) is 11.2. The van der Waals surface area contributed by atoms with Crippen LogP contribution in [0.3, 0.4) is 0 Å². The molecule has 9 rings (SSSR count). The molecule has 3 unspecified atom stereocenters. The van der Waals surface area contributed by atoms with Crippen molar-refractivity contribution in [3.63, 3.8) is 0 Å². The van der Waals surface area contributed by atoms with Crippen LogP contribution < -0.4 is 15.6 Å². The van der Waals surface area contributed by atoms with Gasteiger partial charge < -0.3 is 19.6 Å². The zero-order valence-electron chi connectivity index (χ0n) is 21.4. The maximum absolute atomic E-state index is 13.7. The summed E-state index contributed by atoms with van der Waals surface area (Å²) in [6, 6.07) is 14.7. The van der Waals surface area contributed by atoms with Gasteiger partial charge >= 0.3 is 0 Å². The number of amides is 1. The fourth-order valence-corrected chi connectivity index (χ4v) is 6.59. The van der Waals surface area contributed by atoms with E-state index in [1.54, 1.807) is 23.0 Å². The Kier molecular flexibility index (Phi) is 4.44. The third-order valence-corrected chi connectivity index (χ3v) is 8.94. The summed E-state index contributed by atoms with van der Waals surface area (Å²) in [4.78, 5) is 34.2. The quantitative estimate of drug-likeness (QED) is 0.336. The van der Waals surface area contributed by atoms with Gasteiger partial charge in [-0.3, -0.25) is 9.59 Å². The number of tetrazole rings is 1. The molecule has 3 atom stereocenters. The van der Waals surface area contributed by atoms with Crippen LogP contribution in [-0.4, -0.2) is 46.3 Å². The number of halogens is 1. The lowest BCUT2D eigenvalue weighted by molar-refractivity contribution is -0.125. The number of hydrogen-bond donors (Lipinski definition) is 2. The van der Waals surface area contributed by atoms with Crippen molar-refractivity contribution >= 4 is 23.2 Å². The number of pyridine rings is 1. The van der Waals surface area contributed by atoms with E-state index >= 15 is 0 Å². The smallest absolute Gasteiger partial charge is 0.268 e. The van der Waals surface area contributed by atoms with Crippen LogP contribution >= 0.6 is 11.6 Å². The Morgan fingerprint density at radius 1 is 1.05 bits per heavy atom. The van der Waals surface area contributed by atoms with Crippen LogP contribution in [0.15, 0.2) is 65.8 Å². The number of imidazole rings is 1. The predicted octanol–water partition coefficient (Wildman–Crippen LogP) is 4.10. The Morgan fingerprint density at radius 3 is 2.78 bits per heavy atom. The minimum atomic E-state index is -0.711. The molecule has 2 saturated carbocycles. The fourth-order valence-electron chi connectivity index (χ4n) is 6.42. The molecule has 11 nitrogen and oxygen atoms in total. The standard InChI is InChI=1S/C29H21ClN8O3/c30-16-2-4-22(37-13-32-35-36-37)17(10-16)15-7-23-18-11-19(18)26(38(23)25(39)9-15)27-31-12-21(33-27)14-1-3-20-24(8-14)41-29(5-6-29)28(40)34-20/h1-4,7-10,12-13,18-19,26H,5-6,11H2,(H,31,33)(H,34,40). The Morgan fingerprint density at radius 2 is 1.95 bits per heavy atom. The van der Waals surface area contributed by atoms with Gasteiger partial charge in [-0.25, -0.2) is 4.98 Å². The summed E-state index contributed by atoms with van der Waals surface area (Å²) >= 11 is 6.36. The van der Waals surface area contributed by atoms with Crippen LogP contribution in [0, 0.1) is 5.92 Å². The van der Waals surface area contributed by atoms with E-state index in [-0.39, 0.29) is 23.4 Å². The predicted molar refractivity (Wildman–Crippen MR) is 148 cm³/mol. The molecule has 2 fully saturated rings. The van der Waals surface area contributed by atoms with Crippen molar-refractivity contribution < 1.29 is 9.53 Å². The zero-order valence-corrected chi connectivity index (χ0v) is 22.2. The number of benzene rings is 2. The third kappa shape index (κ3) is 3.38. The number of hydrogen-bond acceptors (Lipinski definition) is 7. The van der Waals surface area contributed by atoms with Gasteiger partial charge in [0.05, 0.1) is 29.3 Å². The van der Waals surface area contributed by atoms with E-state index in [1.807, 2.05) is 34.9 Å². The first-order valence-electron chi connectivity index (χ1n) is 13.5. The maximum atomic E-state index is 13.7. The SMILES string of the molecule is O=C1Nc2ccc(-c3cnc(C4C5CC5c5cc(-c6cc(Cl)ccc6-n6cnnn6)cc(=O)n54)[nH]3)cc2OC12CC2. The van der Waals surface area contributed by atoms with Gasteiger partial charge in [-0.15, -0.1) is 5.10 Å². The number of aromatic amines is 1. The minimum Gasteiger partial charge on any atom is -0.475 e. The van der Waals surface area contributed by atoms with Crippen molar-refractivity contribution in [2.24, 2.45) is 5.92 Å². The summed E-state index contributed by atoms with van der Waals surface area (Å²) in [5.41, 5.74) is 4.89. The van der Waals surface area contributed by atoms with E-state index < -0.39 is 5.60 Å². The molecule has 0 radical (unpaired) electrons. The van der Waals surface area contributed by atoms with Crippen LogP contribution in [0.2, 0.25) is 5.02 Å². The Hall–Kier alpha value is -4.77. The molecule has 5 heterocycles. The molecular weight excluding hydrogens is 544 g/mol. The minimum absolute atomic E-state index is 0.0731. The average Bonchev–Trinajstić information content (AvgIpc) is 3.71. The van der Waals surface area contributed by atoms with Crippen molar-refractivity contribution in [1.82, 2.24) is 34.7 Å². The van der Waals surface area contributed by atoms with E-state index in [2.05, 4.69) is 31.9 Å². The van der Waals surface area contributed by atoms with E-state index in [0.29, 0.717) is 22.4 Å². The molecule has 5 aromatic rings. The Balaban J connectivity index is 1.08. The normalized spacial score (nSPS) is 22.5. The van der Waals surface area contributed by atoms with Gasteiger partial charge in [0.2, 0.25) is 0 Å². The van der Waals surface area contributed by atoms with Crippen LogP contribution in [0.1, 0.15) is 42.7 Å². The van der Waals surface area contributed by atoms with E-state index in [9.17, 15) is 9.59 Å². The first kappa shape index (κ1) is 23.0. The molecule has 0 saturated heterocycles. The van der Waals surface area contributed by atoms with Gasteiger partial charge in [0.15, 0.2) is 5.60 Å². The number of carbonyl (C=O) groups is 1. The molecule has 0 bridgehead atoms. The summed E-state index contributed by atoms with van der Waals surface area (Å²) in [5.74, 6) is 1.93. The summed E-state index contributed by atoms with van der Waals surface area (Å²) in [6.45, 7) is 0. The first-order chi connectivity index (χ1) is 20.0. The van der Waals surface area contributed by atoms with Gasteiger partial charge in [-0.2, -0.15) is 4.68 Å². The number of anilines is 1. The highest BCUT2D eigenvalue weighted by atomic mass is 35.5. The van der Waals surface area contributed by atoms with E-state index in [1.165, 1.54) is 6.33 Å². The molecule has 1 amide bonds. The number of nitrogens with one attached hydrogen (secondary N) is 2. The molecule has 41 heavy (non-hydrogen) atoms. The van der Waals surface area contributed by atoms with Crippen molar-refractivity contribution in [3.8, 4) is 33.8 Å². The second-order valence-corrected chi connectivity index (χ2v) is 11.6. The number of aromatic nitrogens is 7. The topological polar surface area (TPSA) is 133 Å². The fraction of sp³-hybridized carbons (Fsp3) is 0.241. The van der Waals surface area contributed by atoms with Crippen LogP contribution in [-0.2, 0) is 4.79 Å². The molecule has 2 N–H and O–H groups in total. The number of ether oxygens (including phenoxy) is 1. The Labute approximate surface area is 237 Å². The molecule has 202 valence electrons. The summed E-state index contributed by atoms with van der Waals surface area (Å²) < 4.78 is 9.50. The lowest BCUT2D eigenvalue weighted by atomic mass is 10.0. The average molecular weight is 565 g/mol. The first-order valence-corrected chi connectivity index (χ1v) is 13.8. The van der Waals surface area contributed by atoms with Gasteiger partial charge in [-0.05, 0) is 64.7 Å². The number of fused-ring (bicyclic) bond motifs is 4. The summed E-state index contributed by atoms with van der Waals surface area (Å²) in [7, 11) is 0. The number of nitrogens with zero attached hydrogens (tertiary/aromatic N) is 6. The molecule has 2 aliphatic carbocycles. The molecule has 12 heteroatoms. The molecule has 2 aliphatic heterocycles. The van der Waals surface area contributed by atoms with Crippen molar-refractivity contribution in [3.05, 3.63) is 87.9 Å². The van der Waals surface area contributed by atoms with Gasteiger partial charge in [0, 0.05) is 46.7 Å². The molecule has 3 aromatic heterocycles. The van der Waals surface area contributed by atoms with Crippen molar-refractivity contribution in [2.45, 2.75) is 36.8 Å². The van der Waals surface area contributed by atoms with E-state index in [4.69, 9.17) is 21.3 Å². The lowest BCUT2D eigenvalue weighted by Gasteiger charge is -2.26. The second kappa shape index (κ2) is 7.91. The third-order valence-electron chi connectivity index (χ3n) is 8.71. The zero-order chi connectivity index (χ0) is 27.5. The van der Waals surface area contributed by atoms with Gasteiger partial charge in [-0.1, -0.05) is 17.7 Å². The maximum Gasteiger partial charge on any atom is 0.268 e. The highest BCUT2D eigenvalue weighted by molar-refractivity contribution is 6.31. The summed E-state index contributed by atoms with van der Waals surface area (Å²) in [5, 5.41) is 15.0. The lowest BCUT2D eigenvalue weighted by Crippen LogP contribution is -2.38. The van der Waals surface area contributed by atoms with Gasteiger partial charge in [0.1, 0.15) is 17.9 Å². The molecular formula is C29H21ClN8O3. The van der Waals surface area contributed by atoms with Crippen molar-refractivity contribution in [1.29, 1.82) is 0 Å². The van der Waals surface area contributed by atoms with Crippen LogP contribution in [0.5, 0.6) is 5.75 Å². The van der Waals surface area contributed by atoms with Crippen LogP contribution in [0.25, 0.3) is 28.1 Å². The number of rotatable bonds is 4. The number of carbonyl (C=O) groups excluding carboxylic acids is 1. The molecule has 1 spiro atoms. The molecule has 4 aliphatic rings. The van der Waals surface area contributed by atoms with E-state index in [0.717, 1.165) is 58.9 Å². The largest absolute Gasteiger partial charge is 0.475 e. The van der Waals surface area contributed by atoms with Gasteiger partial charge in [0.25, 0.3) is 11.5 Å². The monoisotopic (exact) mass is 564 g/mol. The molecule has 2 aromatic carbocycles.